The first-order valence-corrected chi connectivity index (χ1v) is 14.8. The number of hydrogen-bond donors (Lipinski definition) is 0. The van der Waals surface area contributed by atoms with Crippen molar-refractivity contribution in [1.82, 2.24) is 9.97 Å². The van der Waals surface area contributed by atoms with E-state index in [0.29, 0.717) is 6.61 Å². The number of nitrogens with zero attached hydrogens (tertiary/aromatic N) is 3. The second-order valence-corrected chi connectivity index (χ2v) is 11.5. The second kappa shape index (κ2) is 10.6. The van der Waals surface area contributed by atoms with Gasteiger partial charge in [0, 0.05) is 41.3 Å². The van der Waals surface area contributed by atoms with Crippen LogP contribution in [0.4, 0.5) is 5.69 Å². The summed E-state index contributed by atoms with van der Waals surface area (Å²) in [6, 6.07) is 26.1. The van der Waals surface area contributed by atoms with Crippen LogP contribution in [-0.2, 0) is 42.9 Å². The first-order chi connectivity index (χ1) is 18.1. The van der Waals surface area contributed by atoms with Gasteiger partial charge in [-0.3, -0.25) is 0 Å². The van der Waals surface area contributed by atoms with Crippen LogP contribution in [0.5, 0.6) is 0 Å². The summed E-state index contributed by atoms with van der Waals surface area (Å²) in [5, 5.41) is 0.830. The third-order valence-electron chi connectivity index (χ3n) is 7.54. The van der Waals surface area contributed by atoms with Crippen molar-refractivity contribution in [3.63, 3.8) is 0 Å². The summed E-state index contributed by atoms with van der Waals surface area (Å²) < 4.78 is 7.90. The van der Waals surface area contributed by atoms with Crippen LogP contribution in [0.15, 0.2) is 88.6 Å². The molecule has 37 heavy (non-hydrogen) atoms. The molecule has 1 atom stereocenters. The Morgan fingerprint density at radius 1 is 0.946 bits per heavy atom. The molecular formula is C31H30BrN3OS. The van der Waals surface area contributed by atoms with Crippen molar-refractivity contribution in [2.45, 2.75) is 56.1 Å². The molecular weight excluding hydrogens is 542 g/mol. The fourth-order valence-corrected chi connectivity index (χ4v) is 7.09. The predicted molar refractivity (Wildman–Crippen MR) is 154 cm³/mol. The number of aromatic nitrogens is 2. The molecule has 0 fully saturated rings. The lowest BCUT2D eigenvalue weighted by Gasteiger charge is -2.43. The minimum absolute atomic E-state index is 0.370. The van der Waals surface area contributed by atoms with E-state index in [9.17, 15) is 0 Å². The highest BCUT2D eigenvalue weighted by atomic mass is 79.9. The molecule has 1 spiro atoms. The van der Waals surface area contributed by atoms with Crippen LogP contribution in [0.2, 0.25) is 0 Å². The van der Waals surface area contributed by atoms with E-state index in [1.165, 1.54) is 27.9 Å². The summed E-state index contributed by atoms with van der Waals surface area (Å²) >= 11 is 5.71. The van der Waals surface area contributed by atoms with Gasteiger partial charge in [0.1, 0.15) is 5.60 Å². The number of thioether (sulfide) groups is 1. The Bertz CT molecular complexity index is 1360. The van der Waals surface area contributed by atoms with E-state index in [2.05, 4.69) is 98.6 Å². The number of aryl methyl sites for hydroxylation is 1. The minimum Gasteiger partial charge on any atom is -0.365 e. The Morgan fingerprint density at radius 2 is 1.65 bits per heavy atom. The molecule has 2 aliphatic rings. The van der Waals surface area contributed by atoms with Gasteiger partial charge in [-0.1, -0.05) is 78.5 Å². The largest absolute Gasteiger partial charge is 0.365 e. The van der Waals surface area contributed by atoms with Crippen molar-refractivity contribution < 1.29 is 4.74 Å². The molecule has 0 saturated heterocycles. The highest BCUT2D eigenvalue weighted by Gasteiger charge is 2.43. The Balaban J connectivity index is 1.42. The number of rotatable bonds is 6. The molecule has 1 aromatic heterocycles. The third kappa shape index (κ3) is 4.95. The van der Waals surface area contributed by atoms with Crippen LogP contribution in [0, 0.1) is 0 Å². The van der Waals surface area contributed by atoms with E-state index in [0.717, 1.165) is 59.7 Å². The third-order valence-corrected chi connectivity index (χ3v) is 8.90. The van der Waals surface area contributed by atoms with E-state index in [4.69, 9.17) is 9.72 Å². The van der Waals surface area contributed by atoms with Gasteiger partial charge in [0.05, 0.1) is 18.0 Å². The topological polar surface area (TPSA) is 38.2 Å². The number of ether oxygens (including phenoxy) is 1. The van der Waals surface area contributed by atoms with Gasteiger partial charge in [0.25, 0.3) is 0 Å². The van der Waals surface area contributed by atoms with E-state index < -0.39 is 0 Å². The zero-order chi connectivity index (χ0) is 25.2. The molecule has 1 unspecified atom stereocenters. The van der Waals surface area contributed by atoms with Crippen molar-refractivity contribution in [3.8, 4) is 0 Å². The lowest BCUT2D eigenvalue weighted by atomic mass is 9.74. The Labute approximate surface area is 231 Å². The van der Waals surface area contributed by atoms with Gasteiger partial charge in [-0.05, 0) is 64.2 Å². The predicted octanol–water partition coefficient (Wildman–Crippen LogP) is 7.47. The maximum atomic E-state index is 6.75. The van der Waals surface area contributed by atoms with Crippen molar-refractivity contribution in [2.75, 3.05) is 11.2 Å². The number of anilines is 1. The molecule has 1 aliphatic heterocycles. The smallest absolute Gasteiger partial charge is 0.187 e. The lowest BCUT2D eigenvalue weighted by molar-refractivity contribution is -0.0863. The van der Waals surface area contributed by atoms with E-state index in [1.54, 1.807) is 11.8 Å². The SMILES string of the molecule is CSc1ncc2c(n1)CC1(CCCc3ccc(N(Cc4ccccc4)Cc4ccccc4)c(Br)c31)OC2. The standard InChI is InChI=1S/C31H30BrN3OS/c1-37-30-33-18-25-21-36-31(17-26(25)34-30)16-8-13-24-14-15-27(29(32)28(24)31)35(19-22-9-4-2-5-10-22)20-23-11-6-3-7-12-23/h2-7,9-12,14-15,18H,8,13,16-17,19-21H2,1H3. The lowest BCUT2D eigenvalue weighted by Crippen LogP contribution is -2.40. The Hall–Kier alpha value is -2.67. The number of benzene rings is 3. The highest BCUT2D eigenvalue weighted by molar-refractivity contribution is 9.10. The molecule has 6 rings (SSSR count). The van der Waals surface area contributed by atoms with E-state index in [-0.39, 0.29) is 5.60 Å². The second-order valence-electron chi connectivity index (χ2n) is 9.90. The number of hydrogen-bond acceptors (Lipinski definition) is 5. The van der Waals surface area contributed by atoms with Crippen LogP contribution in [0.1, 0.15) is 46.4 Å². The quantitative estimate of drug-likeness (QED) is 0.177. The molecule has 188 valence electrons. The highest BCUT2D eigenvalue weighted by Crippen LogP contribution is 2.49. The van der Waals surface area contributed by atoms with Gasteiger partial charge in [0.2, 0.25) is 0 Å². The Morgan fingerprint density at radius 3 is 2.32 bits per heavy atom. The molecule has 0 bridgehead atoms. The fourth-order valence-electron chi connectivity index (χ4n) is 5.73. The zero-order valence-electron chi connectivity index (χ0n) is 21.0. The first kappa shape index (κ1) is 24.7. The summed E-state index contributed by atoms with van der Waals surface area (Å²) in [7, 11) is 0. The van der Waals surface area contributed by atoms with Gasteiger partial charge in [-0.25, -0.2) is 9.97 Å². The normalized spacial score (nSPS) is 18.3. The van der Waals surface area contributed by atoms with Gasteiger partial charge in [0.15, 0.2) is 5.16 Å². The average molecular weight is 573 g/mol. The van der Waals surface area contributed by atoms with Crippen LogP contribution >= 0.6 is 27.7 Å². The number of fused-ring (bicyclic) bond motifs is 3. The summed E-state index contributed by atoms with van der Waals surface area (Å²) in [6.07, 6.45) is 7.94. The van der Waals surface area contributed by atoms with Crippen molar-refractivity contribution in [3.05, 3.63) is 117 Å². The molecule has 2 heterocycles. The molecule has 0 amide bonds. The molecule has 0 N–H and O–H groups in total. The van der Waals surface area contributed by atoms with E-state index >= 15 is 0 Å². The van der Waals surface area contributed by atoms with Gasteiger partial charge >= 0.3 is 0 Å². The Kier molecular flexibility index (Phi) is 7.06. The molecule has 6 heteroatoms. The number of halogens is 1. The van der Waals surface area contributed by atoms with Crippen LogP contribution in [0.25, 0.3) is 0 Å². The first-order valence-electron chi connectivity index (χ1n) is 12.8. The van der Waals surface area contributed by atoms with Crippen molar-refractivity contribution in [2.24, 2.45) is 0 Å². The van der Waals surface area contributed by atoms with Crippen LogP contribution in [-0.4, -0.2) is 16.2 Å². The minimum atomic E-state index is -0.370. The maximum Gasteiger partial charge on any atom is 0.187 e. The summed E-state index contributed by atoms with van der Waals surface area (Å²) in [6.45, 7) is 2.21. The van der Waals surface area contributed by atoms with E-state index in [1.807, 2.05) is 12.5 Å². The molecule has 0 radical (unpaired) electrons. The molecule has 1 aliphatic carbocycles. The van der Waals surface area contributed by atoms with Gasteiger partial charge < -0.3 is 9.64 Å². The van der Waals surface area contributed by atoms with Gasteiger partial charge in [-0.15, -0.1) is 0 Å². The fraction of sp³-hybridized carbons (Fsp3) is 0.290. The molecule has 4 aromatic rings. The molecule has 0 saturated carbocycles. The van der Waals surface area contributed by atoms with Crippen molar-refractivity contribution >= 4 is 33.4 Å². The summed E-state index contributed by atoms with van der Waals surface area (Å²) in [5.41, 5.74) is 8.34. The van der Waals surface area contributed by atoms with Crippen LogP contribution < -0.4 is 4.90 Å². The maximum absolute atomic E-state index is 6.75. The molecule has 4 nitrogen and oxygen atoms in total. The zero-order valence-corrected chi connectivity index (χ0v) is 23.4. The summed E-state index contributed by atoms with van der Waals surface area (Å²) in [5.74, 6) is 0. The summed E-state index contributed by atoms with van der Waals surface area (Å²) in [4.78, 5) is 11.9. The van der Waals surface area contributed by atoms with Crippen LogP contribution in [0.3, 0.4) is 0 Å². The molecule has 3 aromatic carbocycles. The van der Waals surface area contributed by atoms with Crippen molar-refractivity contribution in [1.29, 1.82) is 0 Å². The monoisotopic (exact) mass is 571 g/mol. The van der Waals surface area contributed by atoms with Gasteiger partial charge in [-0.2, -0.15) is 0 Å². The average Bonchev–Trinajstić information content (AvgIpc) is 2.94.